The lowest BCUT2D eigenvalue weighted by Crippen LogP contribution is -2.50. The van der Waals surface area contributed by atoms with Crippen LogP contribution in [0.25, 0.3) is 0 Å². The van der Waals surface area contributed by atoms with Gasteiger partial charge in [-0.3, -0.25) is 9.59 Å². The van der Waals surface area contributed by atoms with Gasteiger partial charge < -0.3 is 16.0 Å². The van der Waals surface area contributed by atoms with Gasteiger partial charge >= 0.3 is 0 Å². The average Bonchev–Trinajstić information content (AvgIpc) is 2.48. The molecule has 6 heteroatoms. The molecule has 2 amide bonds. The fourth-order valence-corrected chi connectivity index (χ4v) is 2.71. The number of hydrogen-bond acceptors (Lipinski definition) is 3. The van der Waals surface area contributed by atoms with Gasteiger partial charge in [0.1, 0.15) is 0 Å². The van der Waals surface area contributed by atoms with Gasteiger partial charge in [0.2, 0.25) is 11.8 Å². The topological polar surface area (TPSA) is 75.4 Å². The molecule has 0 bridgehead atoms. The Kier molecular flexibility index (Phi) is 9.69. The number of likely N-dealkylation sites (tertiary alicyclic amines) is 1. The standard InChI is InChI=1S/C16H31N3O2.ClH/c1-5-13(6-2)16(21)19-9-7-14(8-10-19)18-15(20)11(3)12(4)17;/h11-14H,5-10,17H2,1-4H3,(H,18,20);1H. The first-order chi connectivity index (χ1) is 9.90. The Labute approximate surface area is 140 Å². The monoisotopic (exact) mass is 333 g/mol. The fourth-order valence-electron chi connectivity index (χ4n) is 2.71. The van der Waals surface area contributed by atoms with E-state index in [1.165, 1.54) is 0 Å². The Morgan fingerprint density at radius 1 is 1.18 bits per heavy atom. The third-order valence-electron chi connectivity index (χ3n) is 4.69. The van der Waals surface area contributed by atoms with Crippen molar-refractivity contribution in [2.45, 2.75) is 65.5 Å². The second-order valence-corrected chi connectivity index (χ2v) is 6.27. The first-order valence-electron chi connectivity index (χ1n) is 8.25. The minimum absolute atomic E-state index is 0. The van der Waals surface area contributed by atoms with Gasteiger partial charge in [0.25, 0.3) is 0 Å². The van der Waals surface area contributed by atoms with E-state index in [1.54, 1.807) is 0 Å². The number of amides is 2. The Hall–Kier alpha value is -0.810. The van der Waals surface area contributed by atoms with Crippen molar-refractivity contribution in [3.05, 3.63) is 0 Å². The Bertz CT molecular complexity index is 351. The van der Waals surface area contributed by atoms with Crippen LogP contribution in [-0.2, 0) is 9.59 Å². The number of nitrogens with two attached hydrogens (primary N) is 1. The molecule has 2 atom stereocenters. The highest BCUT2D eigenvalue weighted by Crippen LogP contribution is 2.17. The molecule has 22 heavy (non-hydrogen) atoms. The zero-order chi connectivity index (χ0) is 16.0. The largest absolute Gasteiger partial charge is 0.353 e. The van der Waals surface area contributed by atoms with E-state index in [0.29, 0.717) is 0 Å². The van der Waals surface area contributed by atoms with Crippen LogP contribution in [0.1, 0.15) is 53.4 Å². The van der Waals surface area contributed by atoms with Gasteiger partial charge in [0.05, 0.1) is 0 Å². The van der Waals surface area contributed by atoms with E-state index in [-0.39, 0.29) is 48.1 Å². The van der Waals surface area contributed by atoms with Crippen molar-refractivity contribution >= 4 is 24.2 Å². The molecule has 1 aliphatic rings. The third kappa shape index (κ3) is 5.76. The zero-order valence-electron chi connectivity index (χ0n) is 14.3. The summed E-state index contributed by atoms with van der Waals surface area (Å²) in [7, 11) is 0. The summed E-state index contributed by atoms with van der Waals surface area (Å²) in [6.07, 6.45) is 3.47. The van der Waals surface area contributed by atoms with Crippen molar-refractivity contribution < 1.29 is 9.59 Å². The van der Waals surface area contributed by atoms with Crippen molar-refractivity contribution in [2.75, 3.05) is 13.1 Å². The second kappa shape index (κ2) is 10.1. The van der Waals surface area contributed by atoms with Crippen LogP contribution in [0.2, 0.25) is 0 Å². The average molecular weight is 334 g/mol. The predicted molar refractivity (Wildman–Crippen MR) is 91.9 cm³/mol. The smallest absolute Gasteiger partial charge is 0.225 e. The first-order valence-corrected chi connectivity index (χ1v) is 8.25. The maximum absolute atomic E-state index is 12.3. The summed E-state index contributed by atoms with van der Waals surface area (Å²) in [6.45, 7) is 9.31. The van der Waals surface area contributed by atoms with Crippen molar-refractivity contribution in [1.82, 2.24) is 10.2 Å². The molecule has 0 radical (unpaired) electrons. The van der Waals surface area contributed by atoms with Crippen LogP contribution in [-0.4, -0.2) is 41.9 Å². The van der Waals surface area contributed by atoms with Crippen LogP contribution < -0.4 is 11.1 Å². The predicted octanol–water partition coefficient (Wildman–Crippen LogP) is 1.93. The number of nitrogens with one attached hydrogen (secondary N) is 1. The lowest BCUT2D eigenvalue weighted by Gasteiger charge is -2.34. The SMILES string of the molecule is CCC(CC)C(=O)N1CCC(NC(=O)C(C)C(C)N)CC1.Cl. The molecule has 3 N–H and O–H groups in total. The minimum Gasteiger partial charge on any atom is -0.353 e. The number of piperidine rings is 1. The van der Waals surface area contributed by atoms with Gasteiger partial charge in [-0.15, -0.1) is 12.4 Å². The third-order valence-corrected chi connectivity index (χ3v) is 4.69. The summed E-state index contributed by atoms with van der Waals surface area (Å²) >= 11 is 0. The van der Waals surface area contributed by atoms with Gasteiger partial charge in [-0.2, -0.15) is 0 Å². The lowest BCUT2D eigenvalue weighted by atomic mass is 9.97. The summed E-state index contributed by atoms with van der Waals surface area (Å²) in [5.74, 6) is 0.270. The minimum atomic E-state index is -0.172. The maximum atomic E-state index is 12.3. The summed E-state index contributed by atoms with van der Waals surface area (Å²) in [6, 6.07) is 0.0333. The molecule has 0 aliphatic carbocycles. The Morgan fingerprint density at radius 3 is 2.09 bits per heavy atom. The Balaban J connectivity index is 0.00000441. The van der Waals surface area contributed by atoms with Gasteiger partial charge in [-0.25, -0.2) is 0 Å². The molecule has 1 aliphatic heterocycles. The molecule has 1 rings (SSSR count). The number of halogens is 1. The summed E-state index contributed by atoms with van der Waals surface area (Å²) in [5, 5.41) is 3.06. The van der Waals surface area contributed by atoms with Gasteiger partial charge in [0.15, 0.2) is 0 Å². The van der Waals surface area contributed by atoms with E-state index in [0.717, 1.165) is 38.8 Å². The number of hydrogen-bond donors (Lipinski definition) is 2. The highest BCUT2D eigenvalue weighted by atomic mass is 35.5. The first kappa shape index (κ1) is 21.2. The molecule has 0 aromatic carbocycles. The number of carbonyl (C=O) groups excluding carboxylic acids is 2. The van der Waals surface area contributed by atoms with Crippen LogP contribution in [0.15, 0.2) is 0 Å². The molecule has 1 heterocycles. The highest BCUT2D eigenvalue weighted by Gasteiger charge is 2.28. The molecule has 0 aromatic rings. The normalized spacial score (nSPS) is 18.5. The molecule has 1 saturated heterocycles. The Morgan fingerprint density at radius 2 is 1.68 bits per heavy atom. The molecule has 1 fully saturated rings. The molecule has 0 saturated carbocycles. The lowest BCUT2D eigenvalue weighted by molar-refractivity contribution is -0.137. The summed E-state index contributed by atoms with van der Waals surface area (Å²) in [4.78, 5) is 26.3. The molecule has 0 aromatic heterocycles. The molecule has 0 spiro atoms. The van der Waals surface area contributed by atoms with Crippen LogP contribution >= 0.6 is 12.4 Å². The number of carbonyl (C=O) groups is 2. The fraction of sp³-hybridized carbons (Fsp3) is 0.875. The molecular formula is C16H32ClN3O2. The quantitative estimate of drug-likeness (QED) is 0.780. The number of nitrogens with zero attached hydrogens (tertiary/aromatic N) is 1. The van der Waals surface area contributed by atoms with E-state index in [9.17, 15) is 9.59 Å². The van der Waals surface area contributed by atoms with Crippen molar-refractivity contribution in [3.8, 4) is 0 Å². The van der Waals surface area contributed by atoms with E-state index >= 15 is 0 Å². The molecule has 130 valence electrons. The van der Waals surface area contributed by atoms with E-state index in [1.807, 2.05) is 18.7 Å². The van der Waals surface area contributed by atoms with Gasteiger partial charge in [-0.05, 0) is 32.6 Å². The van der Waals surface area contributed by atoms with Gasteiger partial charge in [0, 0.05) is 37.0 Å². The van der Waals surface area contributed by atoms with E-state index < -0.39 is 0 Å². The van der Waals surface area contributed by atoms with Crippen LogP contribution in [0.3, 0.4) is 0 Å². The second-order valence-electron chi connectivity index (χ2n) is 6.27. The van der Waals surface area contributed by atoms with E-state index in [2.05, 4.69) is 19.2 Å². The van der Waals surface area contributed by atoms with Crippen LogP contribution in [0.5, 0.6) is 0 Å². The molecular weight excluding hydrogens is 302 g/mol. The van der Waals surface area contributed by atoms with Gasteiger partial charge in [-0.1, -0.05) is 20.8 Å². The van der Waals surface area contributed by atoms with E-state index in [4.69, 9.17) is 5.73 Å². The summed E-state index contributed by atoms with van der Waals surface area (Å²) < 4.78 is 0. The molecule has 5 nitrogen and oxygen atoms in total. The molecule has 2 unspecified atom stereocenters. The summed E-state index contributed by atoms with van der Waals surface area (Å²) in [5.41, 5.74) is 5.75. The maximum Gasteiger partial charge on any atom is 0.225 e. The van der Waals surface area contributed by atoms with Crippen molar-refractivity contribution in [3.63, 3.8) is 0 Å². The van der Waals surface area contributed by atoms with Crippen molar-refractivity contribution in [1.29, 1.82) is 0 Å². The highest BCUT2D eigenvalue weighted by molar-refractivity contribution is 5.85. The van der Waals surface area contributed by atoms with Crippen molar-refractivity contribution in [2.24, 2.45) is 17.6 Å². The zero-order valence-corrected chi connectivity index (χ0v) is 15.1. The number of rotatable bonds is 6. The van der Waals surface area contributed by atoms with Crippen LogP contribution in [0, 0.1) is 11.8 Å². The van der Waals surface area contributed by atoms with Crippen LogP contribution in [0.4, 0.5) is 0 Å².